The molecule has 0 saturated heterocycles. The zero-order valence-corrected chi connectivity index (χ0v) is 11.5. The maximum absolute atomic E-state index is 9.28. The third-order valence-corrected chi connectivity index (χ3v) is 3.53. The Labute approximate surface area is 125 Å². The average molecular weight is 290 g/mol. The fourth-order valence-electron chi connectivity index (χ4n) is 2.60. The molecule has 7 heteroatoms. The molecule has 0 bridgehead atoms. The van der Waals surface area contributed by atoms with Crippen LogP contribution in [0.2, 0.25) is 0 Å². The first-order valence-electron chi connectivity index (χ1n) is 6.79. The van der Waals surface area contributed by atoms with E-state index in [9.17, 15) is 10.0 Å². The molecule has 0 aliphatic heterocycles. The van der Waals surface area contributed by atoms with Gasteiger partial charge in [-0.2, -0.15) is 0 Å². The van der Waals surface area contributed by atoms with Crippen LogP contribution in [0.4, 0.5) is 0 Å². The smallest absolute Gasteiger partial charge is 0.421 e. The van der Waals surface area contributed by atoms with E-state index in [1.807, 2.05) is 47.0 Å². The number of benzene rings is 1. The van der Waals surface area contributed by atoms with Crippen molar-refractivity contribution >= 4 is 34.9 Å². The van der Waals surface area contributed by atoms with Crippen molar-refractivity contribution in [3.05, 3.63) is 54.9 Å². The fraction of sp³-hybridized carbons (Fsp3) is 0. The van der Waals surface area contributed by atoms with Crippen LogP contribution in [0.1, 0.15) is 0 Å². The van der Waals surface area contributed by atoms with Gasteiger partial charge in [0, 0.05) is 11.9 Å². The van der Waals surface area contributed by atoms with Crippen LogP contribution in [0.3, 0.4) is 0 Å². The summed E-state index contributed by atoms with van der Waals surface area (Å²) >= 11 is 0. The van der Waals surface area contributed by atoms with Gasteiger partial charge in [-0.3, -0.25) is 4.98 Å². The van der Waals surface area contributed by atoms with Crippen LogP contribution in [-0.4, -0.2) is 36.7 Å². The molecule has 0 radical (unpaired) electrons. The van der Waals surface area contributed by atoms with E-state index in [0.29, 0.717) is 11.0 Å². The normalized spacial score (nSPS) is 11.2. The first kappa shape index (κ1) is 12.9. The number of hydrogen-bond acceptors (Lipinski definition) is 5. The summed E-state index contributed by atoms with van der Waals surface area (Å²) in [6.07, 6.45) is 3.28. The van der Waals surface area contributed by atoms with Gasteiger partial charge in [-0.15, -0.1) is 0 Å². The molecule has 6 nitrogen and oxygen atoms in total. The lowest BCUT2D eigenvalue weighted by molar-refractivity contribution is 0.422. The van der Waals surface area contributed by atoms with Gasteiger partial charge < -0.3 is 14.6 Å². The van der Waals surface area contributed by atoms with Gasteiger partial charge >= 0.3 is 7.12 Å². The van der Waals surface area contributed by atoms with Gasteiger partial charge in [0.15, 0.2) is 5.72 Å². The lowest BCUT2D eigenvalue weighted by atomic mass is 9.91. The zero-order chi connectivity index (χ0) is 15.1. The Hall–Kier alpha value is -2.77. The Balaban J connectivity index is 2.14. The van der Waals surface area contributed by atoms with Gasteiger partial charge in [0.05, 0.1) is 17.2 Å². The molecule has 2 N–H and O–H groups in total. The number of rotatable bonds is 2. The predicted molar refractivity (Wildman–Crippen MR) is 84.0 cm³/mol. The standard InChI is InChI=1S/C15H11BN4O2/c21-16(22)15-18-9-12-14(19-15)13-11(7-4-8-17-13)20(12)10-5-2-1-3-6-10/h1-9,21-22H. The number of hydrogen-bond donors (Lipinski definition) is 2. The third kappa shape index (κ3) is 1.87. The summed E-state index contributed by atoms with van der Waals surface area (Å²) in [4.78, 5) is 12.7. The van der Waals surface area contributed by atoms with Gasteiger partial charge in [-0.05, 0) is 24.3 Å². The number of nitrogens with zero attached hydrogens (tertiary/aromatic N) is 4. The predicted octanol–water partition coefficient (Wildman–Crippen LogP) is 0.648. The molecule has 106 valence electrons. The molecule has 1 aromatic carbocycles. The van der Waals surface area contributed by atoms with Gasteiger partial charge in [0.25, 0.3) is 0 Å². The minimum Gasteiger partial charge on any atom is -0.421 e. The van der Waals surface area contributed by atoms with Crippen LogP contribution >= 0.6 is 0 Å². The molecule has 0 spiro atoms. The Morgan fingerprint density at radius 2 is 1.68 bits per heavy atom. The van der Waals surface area contributed by atoms with Crippen LogP contribution in [0, 0.1) is 0 Å². The van der Waals surface area contributed by atoms with Crippen LogP contribution in [0.5, 0.6) is 0 Å². The van der Waals surface area contributed by atoms with E-state index < -0.39 is 7.12 Å². The highest BCUT2D eigenvalue weighted by molar-refractivity contribution is 6.56. The summed E-state index contributed by atoms with van der Waals surface area (Å²) in [5.74, 6) is 0. The van der Waals surface area contributed by atoms with Crippen molar-refractivity contribution < 1.29 is 10.0 Å². The minimum absolute atomic E-state index is 0.0368. The molecule has 0 aliphatic rings. The van der Waals surface area contributed by atoms with Crippen molar-refractivity contribution in [1.82, 2.24) is 19.5 Å². The summed E-state index contributed by atoms with van der Waals surface area (Å²) < 4.78 is 2.01. The van der Waals surface area contributed by atoms with Crippen molar-refractivity contribution in [3.63, 3.8) is 0 Å². The van der Waals surface area contributed by atoms with Crippen molar-refractivity contribution in [2.75, 3.05) is 0 Å². The average Bonchev–Trinajstić information content (AvgIpc) is 2.89. The Bertz CT molecular complexity index is 969. The molecule has 0 unspecified atom stereocenters. The Morgan fingerprint density at radius 1 is 0.864 bits per heavy atom. The zero-order valence-electron chi connectivity index (χ0n) is 11.5. The monoisotopic (exact) mass is 290 g/mol. The largest absolute Gasteiger partial charge is 0.528 e. The van der Waals surface area contributed by atoms with Crippen molar-refractivity contribution in [2.45, 2.75) is 0 Å². The van der Waals surface area contributed by atoms with E-state index in [-0.39, 0.29) is 5.72 Å². The highest BCUT2D eigenvalue weighted by Crippen LogP contribution is 2.27. The van der Waals surface area contributed by atoms with Crippen molar-refractivity contribution in [1.29, 1.82) is 0 Å². The lowest BCUT2D eigenvalue weighted by Gasteiger charge is -2.06. The van der Waals surface area contributed by atoms with Crippen molar-refractivity contribution in [3.8, 4) is 5.69 Å². The number of fused-ring (bicyclic) bond motifs is 3. The molecule has 0 amide bonds. The summed E-state index contributed by atoms with van der Waals surface area (Å²) in [6, 6.07) is 13.6. The van der Waals surface area contributed by atoms with Gasteiger partial charge in [-0.1, -0.05) is 18.2 Å². The maximum Gasteiger partial charge on any atom is 0.528 e. The Morgan fingerprint density at radius 3 is 2.45 bits per heavy atom. The van der Waals surface area contributed by atoms with E-state index in [2.05, 4.69) is 15.0 Å². The van der Waals surface area contributed by atoms with Crippen LogP contribution in [-0.2, 0) is 0 Å². The lowest BCUT2D eigenvalue weighted by Crippen LogP contribution is -2.35. The SMILES string of the molecule is OB(O)c1ncc2c(n1)c1ncccc1n2-c1ccccc1. The maximum atomic E-state index is 9.28. The minimum atomic E-state index is -1.71. The highest BCUT2D eigenvalue weighted by atomic mass is 16.4. The molecule has 3 heterocycles. The third-order valence-electron chi connectivity index (χ3n) is 3.53. The van der Waals surface area contributed by atoms with E-state index in [1.165, 1.54) is 0 Å². The molecule has 0 fully saturated rings. The van der Waals surface area contributed by atoms with Gasteiger partial charge in [0.2, 0.25) is 0 Å². The first-order valence-corrected chi connectivity index (χ1v) is 6.79. The summed E-state index contributed by atoms with van der Waals surface area (Å²) in [6.45, 7) is 0. The molecule has 22 heavy (non-hydrogen) atoms. The second-order valence-electron chi connectivity index (χ2n) is 4.88. The molecular weight excluding hydrogens is 279 g/mol. The quantitative estimate of drug-likeness (QED) is 0.529. The number of para-hydroxylation sites is 1. The molecule has 0 aliphatic carbocycles. The number of pyridine rings is 1. The number of aromatic nitrogens is 4. The van der Waals surface area contributed by atoms with Gasteiger partial charge in [-0.25, -0.2) is 9.97 Å². The fourth-order valence-corrected chi connectivity index (χ4v) is 2.60. The Kier molecular flexibility index (Phi) is 2.88. The van der Waals surface area contributed by atoms with Gasteiger partial charge in [0.1, 0.15) is 11.0 Å². The topological polar surface area (TPSA) is 84.1 Å². The molecule has 3 aromatic heterocycles. The van der Waals surface area contributed by atoms with Crippen LogP contribution in [0.15, 0.2) is 54.9 Å². The van der Waals surface area contributed by atoms with E-state index in [4.69, 9.17) is 0 Å². The molecule has 4 rings (SSSR count). The summed E-state index contributed by atoms with van der Waals surface area (Å²) in [7, 11) is -1.71. The molecule has 0 saturated carbocycles. The van der Waals surface area contributed by atoms with Crippen LogP contribution < -0.4 is 5.72 Å². The second-order valence-corrected chi connectivity index (χ2v) is 4.88. The molecule has 0 atom stereocenters. The molecular formula is C15H11BN4O2. The highest BCUT2D eigenvalue weighted by Gasteiger charge is 2.20. The first-order chi connectivity index (χ1) is 10.8. The van der Waals surface area contributed by atoms with E-state index >= 15 is 0 Å². The van der Waals surface area contributed by atoms with E-state index in [0.717, 1.165) is 16.7 Å². The second kappa shape index (κ2) is 4.90. The van der Waals surface area contributed by atoms with Crippen molar-refractivity contribution in [2.24, 2.45) is 0 Å². The summed E-state index contributed by atoms with van der Waals surface area (Å²) in [5.41, 5.74) is 3.89. The summed E-state index contributed by atoms with van der Waals surface area (Å²) in [5, 5.41) is 18.6. The molecule has 4 aromatic rings. The van der Waals surface area contributed by atoms with Crippen LogP contribution in [0.25, 0.3) is 27.8 Å². The van der Waals surface area contributed by atoms with E-state index in [1.54, 1.807) is 12.4 Å².